The van der Waals surface area contributed by atoms with Gasteiger partial charge in [0.05, 0.1) is 0 Å². The highest BCUT2D eigenvalue weighted by atomic mass is 35.5. The molecule has 3 heteroatoms. The number of hydrogen-bond acceptors (Lipinski definition) is 2. The first-order valence-corrected chi connectivity index (χ1v) is 4.84. The minimum atomic E-state index is -0.550. The van der Waals surface area contributed by atoms with Crippen molar-refractivity contribution in [2.45, 2.75) is 24.1 Å². The van der Waals surface area contributed by atoms with Crippen LogP contribution in [0.15, 0.2) is 23.1 Å². The van der Waals surface area contributed by atoms with Crippen LogP contribution in [-0.2, 0) is 4.79 Å². The maximum absolute atomic E-state index is 11.0. The first-order valence-electron chi connectivity index (χ1n) is 3.96. The number of carbonyl (C=O) groups is 1. The van der Waals surface area contributed by atoms with Crippen molar-refractivity contribution in [3.63, 3.8) is 0 Å². The zero-order chi connectivity index (χ0) is 10.0. The van der Waals surface area contributed by atoms with Crippen LogP contribution in [0.1, 0.15) is 23.4 Å². The summed E-state index contributed by atoms with van der Waals surface area (Å²) in [6, 6.07) is 5.64. The number of halogens is 1. The Hall–Kier alpha value is -0.470. The first kappa shape index (κ1) is 10.6. The molecular weight excluding hydrogens is 204 g/mol. The molecule has 1 aromatic carbocycles. The zero-order valence-electron chi connectivity index (χ0n) is 7.54. The van der Waals surface area contributed by atoms with Gasteiger partial charge in [0.25, 0.3) is 0 Å². The van der Waals surface area contributed by atoms with Gasteiger partial charge in [0.15, 0.2) is 5.78 Å². The minimum Gasteiger partial charge on any atom is -0.298 e. The highest BCUT2D eigenvalue weighted by molar-refractivity contribution is 7.80. The van der Waals surface area contributed by atoms with Crippen molar-refractivity contribution in [2.24, 2.45) is 0 Å². The average molecular weight is 215 g/mol. The third kappa shape index (κ3) is 2.75. The number of Topliss-reactive ketones (excluding diaryl/α,β-unsaturated/α-hetero) is 1. The Morgan fingerprint density at radius 2 is 2.08 bits per heavy atom. The summed E-state index contributed by atoms with van der Waals surface area (Å²) in [5.41, 5.74) is 1.88. The third-order valence-electron chi connectivity index (χ3n) is 1.73. The van der Waals surface area contributed by atoms with Crippen molar-refractivity contribution in [1.29, 1.82) is 0 Å². The molecule has 0 saturated carbocycles. The summed E-state index contributed by atoms with van der Waals surface area (Å²) < 4.78 is 0. The lowest BCUT2D eigenvalue weighted by Gasteiger charge is -2.07. The number of carbonyl (C=O) groups excluding carboxylic acids is 1. The first-order chi connectivity index (χ1) is 6.00. The van der Waals surface area contributed by atoms with Crippen LogP contribution < -0.4 is 0 Å². The van der Waals surface area contributed by atoms with Crippen molar-refractivity contribution in [2.75, 3.05) is 0 Å². The van der Waals surface area contributed by atoms with Gasteiger partial charge in [-0.05, 0) is 37.1 Å². The van der Waals surface area contributed by atoms with Crippen molar-refractivity contribution in [1.82, 2.24) is 0 Å². The highest BCUT2D eigenvalue weighted by Crippen LogP contribution is 2.24. The highest BCUT2D eigenvalue weighted by Gasteiger charge is 2.13. The van der Waals surface area contributed by atoms with Gasteiger partial charge >= 0.3 is 0 Å². The molecule has 0 amide bonds. The molecule has 1 aromatic rings. The van der Waals surface area contributed by atoms with E-state index in [1.807, 2.05) is 25.1 Å². The molecule has 0 N–H and O–H groups in total. The normalized spacial score (nSPS) is 12.6. The third-order valence-corrected chi connectivity index (χ3v) is 2.55. The zero-order valence-corrected chi connectivity index (χ0v) is 9.19. The van der Waals surface area contributed by atoms with Gasteiger partial charge in [-0.15, -0.1) is 24.2 Å². The Bertz CT molecular complexity index is 315. The number of benzene rings is 1. The summed E-state index contributed by atoms with van der Waals surface area (Å²) in [4.78, 5) is 11.8. The van der Waals surface area contributed by atoms with E-state index in [9.17, 15) is 4.79 Å². The van der Waals surface area contributed by atoms with Crippen LogP contribution in [-0.4, -0.2) is 5.78 Å². The molecule has 1 atom stereocenters. The number of aryl methyl sites for hydroxylation is 1. The van der Waals surface area contributed by atoms with E-state index in [-0.39, 0.29) is 5.78 Å². The van der Waals surface area contributed by atoms with Gasteiger partial charge in [0.1, 0.15) is 5.38 Å². The van der Waals surface area contributed by atoms with Crippen LogP contribution in [0.3, 0.4) is 0 Å². The molecule has 70 valence electrons. The number of rotatable bonds is 2. The van der Waals surface area contributed by atoms with E-state index < -0.39 is 5.38 Å². The monoisotopic (exact) mass is 214 g/mol. The molecule has 0 bridgehead atoms. The van der Waals surface area contributed by atoms with E-state index >= 15 is 0 Å². The van der Waals surface area contributed by atoms with Crippen molar-refractivity contribution in [3.05, 3.63) is 29.3 Å². The van der Waals surface area contributed by atoms with Crippen LogP contribution in [0, 0.1) is 6.92 Å². The molecule has 0 heterocycles. The van der Waals surface area contributed by atoms with Gasteiger partial charge < -0.3 is 0 Å². The van der Waals surface area contributed by atoms with Crippen LogP contribution in [0.5, 0.6) is 0 Å². The minimum absolute atomic E-state index is 0.0417. The molecule has 0 saturated heterocycles. The van der Waals surface area contributed by atoms with E-state index in [1.165, 1.54) is 6.92 Å². The van der Waals surface area contributed by atoms with Gasteiger partial charge in [0.2, 0.25) is 0 Å². The molecule has 0 aromatic heterocycles. The lowest BCUT2D eigenvalue weighted by molar-refractivity contribution is -0.116. The van der Waals surface area contributed by atoms with Gasteiger partial charge in [-0.3, -0.25) is 4.79 Å². The smallest absolute Gasteiger partial charge is 0.152 e. The Kier molecular flexibility index (Phi) is 3.40. The summed E-state index contributed by atoms with van der Waals surface area (Å²) in [5, 5.41) is -0.550. The summed E-state index contributed by atoms with van der Waals surface area (Å²) in [6.45, 7) is 3.44. The van der Waals surface area contributed by atoms with Gasteiger partial charge in [-0.2, -0.15) is 0 Å². The lowest BCUT2D eigenvalue weighted by Crippen LogP contribution is -2.01. The quantitative estimate of drug-likeness (QED) is 0.591. The van der Waals surface area contributed by atoms with E-state index in [2.05, 4.69) is 12.6 Å². The van der Waals surface area contributed by atoms with E-state index in [0.717, 1.165) is 16.0 Å². The predicted octanol–water partition coefficient (Wildman–Crippen LogP) is 3.15. The molecule has 13 heavy (non-hydrogen) atoms. The Morgan fingerprint density at radius 3 is 2.54 bits per heavy atom. The Balaban J connectivity index is 3.07. The van der Waals surface area contributed by atoms with Crippen molar-refractivity contribution >= 4 is 30.0 Å². The molecule has 1 rings (SSSR count). The van der Waals surface area contributed by atoms with Crippen LogP contribution in [0.2, 0.25) is 0 Å². The lowest BCUT2D eigenvalue weighted by atomic mass is 10.1. The number of alkyl halides is 1. The topological polar surface area (TPSA) is 17.1 Å². The maximum Gasteiger partial charge on any atom is 0.152 e. The maximum atomic E-state index is 11.0. The van der Waals surface area contributed by atoms with E-state index in [0.29, 0.717) is 0 Å². The van der Waals surface area contributed by atoms with Gasteiger partial charge in [-0.1, -0.05) is 6.07 Å². The Morgan fingerprint density at radius 1 is 1.46 bits per heavy atom. The van der Waals surface area contributed by atoms with Crippen molar-refractivity contribution < 1.29 is 4.79 Å². The summed E-state index contributed by atoms with van der Waals surface area (Å²) in [7, 11) is 0. The average Bonchev–Trinajstić information content (AvgIpc) is 2.01. The van der Waals surface area contributed by atoms with E-state index in [1.54, 1.807) is 0 Å². The number of thiol groups is 1. The second-order valence-corrected chi connectivity index (χ2v) is 4.03. The molecule has 0 fully saturated rings. The largest absolute Gasteiger partial charge is 0.298 e. The summed E-state index contributed by atoms with van der Waals surface area (Å²) in [6.07, 6.45) is 0. The molecule has 0 radical (unpaired) electrons. The second-order valence-electron chi connectivity index (χ2n) is 3.08. The molecule has 1 nitrogen and oxygen atoms in total. The van der Waals surface area contributed by atoms with Crippen molar-refractivity contribution in [3.8, 4) is 0 Å². The van der Waals surface area contributed by atoms with Crippen LogP contribution in [0.25, 0.3) is 0 Å². The fourth-order valence-corrected chi connectivity index (χ4v) is 1.65. The van der Waals surface area contributed by atoms with Gasteiger partial charge in [0, 0.05) is 4.90 Å². The molecule has 0 spiro atoms. The number of ketones is 1. The Labute approximate surface area is 88.5 Å². The second kappa shape index (κ2) is 4.16. The standard InChI is InChI=1S/C10H11ClOS/c1-6-3-8(5-9(13)4-6)10(11)7(2)12/h3-5,10,13H,1-2H3. The fourth-order valence-electron chi connectivity index (χ4n) is 1.17. The molecule has 0 aliphatic rings. The van der Waals surface area contributed by atoms with Crippen LogP contribution >= 0.6 is 24.2 Å². The molecular formula is C10H11ClOS. The SMILES string of the molecule is CC(=O)C(Cl)c1cc(C)cc(S)c1. The van der Waals surface area contributed by atoms with E-state index in [4.69, 9.17) is 11.6 Å². The molecule has 0 aliphatic carbocycles. The summed E-state index contributed by atoms with van der Waals surface area (Å²) >= 11 is 10.1. The van der Waals surface area contributed by atoms with Gasteiger partial charge in [-0.25, -0.2) is 0 Å². The number of hydrogen-bond donors (Lipinski definition) is 1. The van der Waals surface area contributed by atoms with Crippen LogP contribution in [0.4, 0.5) is 0 Å². The molecule has 1 unspecified atom stereocenters. The summed E-state index contributed by atoms with van der Waals surface area (Å²) in [5.74, 6) is -0.0417. The fraction of sp³-hybridized carbons (Fsp3) is 0.300. The predicted molar refractivity (Wildman–Crippen MR) is 57.7 cm³/mol. The molecule has 0 aliphatic heterocycles.